The van der Waals surface area contributed by atoms with Gasteiger partial charge in [-0.15, -0.1) is 24.0 Å². The molecule has 8 heteroatoms. The van der Waals surface area contributed by atoms with Crippen molar-refractivity contribution in [3.8, 4) is 0 Å². The molecular weight excluding hydrogens is 469 g/mol. The van der Waals surface area contributed by atoms with Crippen LogP contribution < -0.4 is 10.6 Å². The Hall–Kier alpha value is -0.160. The molecule has 7 nitrogen and oxygen atoms in total. The minimum Gasteiger partial charge on any atom is -0.387 e. The van der Waals surface area contributed by atoms with Gasteiger partial charge in [0.05, 0.1) is 25.4 Å². The topological polar surface area (TPSA) is 72.4 Å². The molecule has 3 N–H and O–H groups in total. The molecule has 1 atom stereocenters. The van der Waals surface area contributed by atoms with Crippen molar-refractivity contribution in [1.82, 2.24) is 20.4 Å². The van der Waals surface area contributed by atoms with E-state index in [1.54, 1.807) is 0 Å². The van der Waals surface area contributed by atoms with Crippen LogP contribution in [-0.2, 0) is 4.74 Å². The number of piperidine rings is 1. The number of β-amino-alcohol motifs (C(OH)–C–C–N with tert-alkyl or cyclic N) is 1. The zero-order valence-corrected chi connectivity index (χ0v) is 20.4. The lowest BCUT2D eigenvalue weighted by Gasteiger charge is -2.33. The Balaban J connectivity index is 0.00000392. The van der Waals surface area contributed by atoms with Crippen molar-refractivity contribution in [3.63, 3.8) is 0 Å². The van der Waals surface area contributed by atoms with Gasteiger partial charge in [-0.2, -0.15) is 0 Å². The Labute approximate surface area is 188 Å². The summed E-state index contributed by atoms with van der Waals surface area (Å²) in [6.07, 6.45) is 3.77. The maximum Gasteiger partial charge on any atom is 0.191 e. The number of nitrogens with one attached hydrogen (secondary N) is 2. The number of aliphatic hydroxyl groups is 1. The molecule has 2 heterocycles. The van der Waals surface area contributed by atoms with Crippen LogP contribution in [0, 0.1) is 5.92 Å². The number of guanidine groups is 1. The minimum absolute atomic E-state index is 0. The zero-order chi connectivity index (χ0) is 19.5. The molecule has 2 fully saturated rings. The second-order valence-electron chi connectivity index (χ2n) is 8.39. The molecule has 0 radical (unpaired) electrons. The SMILES string of the molecule is CCNC(=NCC(C)(O)CN1CCOCC1)NCCCN1CCC(C)CC1.I. The van der Waals surface area contributed by atoms with Gasteiger partial charge in [0.1, 0.15) is 0 Å². The van der Waals surface area contributed by atoms with E-state index in [1.807, 2.05) is 6.92 Å². The first-order valence-corrected chi connectivity index (χ1v) is 10.8. The van der Waals surface area contributed by atoms with Gasteiger partial charge in [-0.05, 0) is 58.7 Å². The number of hydrogen-bond donors (Lipinski definition) is 3. The van der Waals surface area contributed by atoms with Gasteiger partial charge in [0.2, 0.25) is 0 Å². The third-order valence-electron chi connectivity index (χ3n) is 5.41. The van der Waals surface area contributed by atoms with Crippen molar-refractivity contribution < 1.29 is 9.84 Å². The van der Waals surface area contributed by atoms with E-state index in [2.05, 4.69) is 39.3 Å². The minimum atomic E-state index is -0.829. The van der Waals surface area contributed by atoms with Crippen LogP contribution in [-0.4, -0.2) is 98.6 Å². The lowest BCUT2D eigenvalue weighted by molar-refractivity contribution is -0.0179. The smallest absolute Gasteiger partial charge is 0.191 e. The van der Waals surface area contributed by atoms with Gasteiger partial charge in [0, 0.05) is 32.7 Å². The van der Waals surface area contributed by atoms with Crippen molar-refractivity contribution in [3.05, 3.63) is 0 Å². The standard InChI is InChI=1S/C20H41N5O2.HI/c1-4-21-19(22-8-5-9-24-10-6-18(2)7-11-24)23-16-20(3,26)17-25-12-14-27-15-13-25;/h18,26H,4-17H2,1-3H3,(H2,21,22,23);1H. The molecule has 28 heavy (non-hydrogen) atoms. The summed E-state index contributed by atoms with van der Waals surface area (Å²) in [4.78, 5) is 9.43. The average molecular weight is 511 g/mol. The van der Waals surface area contributed by atoms with Gasteiger partial charge in [-0.3, -0.25) is 9.89 Å². The van der Waals surface area contributed by atoms with Crippen LogP contribution in [0.2, 0.25) is 0 Å². The summed E-state index contributed by atoms with van der Waals surface area (Å²) in [7, 11) is 0. The second-order valence-corrected chi connectivity index (χ2v) is 8.39. The highest BCUT2D eigenvalue weighted by molar-refractivity contribution is 14.0. The molecule has 2 aliphatic heterocycles. The first-order chi connectivity index (χ1) is 13.0. The van der Waals surface area contributed by atoms with Crippen LogP contribution in [0.1, 0.15) is 40.0 Å². The first kappa shape index (κ1) is 25.9. The molecule has 0 amide bonds. The Bertz CT molecular complexity index is 436. The fourth-order valence-corrected chi connectivity index (χ4v) is 3.68. The van der Waals surface area contributed by atoms with E-state index in [-0.39, 0.29) is 24.0 Å². The highest BCUT2D eigenvalue weighted by Crippen LogP contribution is 2.15. The fourth-order valence-electron chi connectivity index (χ4n) is 3.68. The van der Waals surface area contributed by atoms with Crippen LogP contribution in [0.3, 0.4) is 0 Å². The van der Waals surface area contributed by atoms with Gasteiger partial charge in [-0.1, -0.05) is 6.92 Å². The third kappa shape index (κ3) is 10.6. The van der Waals surface area contributed by atoms with E-state index in [4.69, 9.17) is 4.74 Å². The van der Waals surface area contributed by atoms with Crippen molar-refractivity contribution in [2.24, 2.45) is 10.9 Å². The highest BCUT2D eigenvalue weighted by atomic mass is 127. The van der Waals surface area contributed by atoms with Crippen molar-refractivity contribution in [2.75, 3.05) is 72.1 Å². The van der Waals surface area contributed by atoms with Crippen LogP contribution >= 0.6 is 24.0 Å². The number of aliphatic imine (C=N–C) groups is 1. The Kier molecular flexibility index (Phi) is 12.9. The largest absolute Gasteiger partial charge is 0.387 e. The molecule has 2 saturated heterocycles. The number of likely N-dealkylation sites (tertiary alicyclic amines) is 1. The number of halogens is 1. The van der Waals surface area contributed by atoms with Crippen molar-refractivity contribution in [2.45, 2.75) is 45.6 Å². The molecule has 0 aromatic heterocycles. The normalized spacial score (nSPS) is 22.4. The van der Waals surface area contributed by atoms with E-state index in [0.717, 1.165) is 64.2 Å². The fraction of sp³-hybridized carbons (Fsp3) is 0.950. The van der Waals surface area contributed by atoms with E-state index in [9.17, 15) is 5.11 Å². The number of nitrogens with zero attached hydrogens (tertiary/aromatic N) is 3. The molecule has 0 saturated carbocycles. The highest BCUT2D eigenvalue weighted by Gasteiger charge is 2.25. The monoisotopic (exact) mass is 511 g/mol. The number of rotatable bonds is 9. The van der Waals surface area contributed by atoms with Crippen LogP contribution in [0.5, 0.6) is 0 Å². The Morgan fingerprint density at radius 2 is 1.82 bits per heavy atom. The lowest BCUT2D eigenvalue weighted by Crippen LogP contribution is -2.48. The molecule has 1 unspecified atom stereocenters. The van der Waals surface area contributed by atoms with Gasteiger partial charge in [0.25, 0.3) is 0 Å². The predicted octanol–water partition coefficient (Wildman–Crippen LogP) is 1.36. The summed E-state index contributed by atoms with van der Waals surface area (Å²) >= 11 is 0. The third-order valence-corrected chi connectivity index (χ3v) is 5.41. The number of morpholine rings is 1. The van der Waals surface area contributed by atoms with Gasteiger partial charge in [0.15, 0.2) is 5.96 Å². The van der Waals surface area contributed by atoms with Crippen LogP contribution in [0.25, 0.3) is 0 Å². The van der Waals surface area contributed by atoms with Crippen LogP contribution in [0.15, 0.2) is 4.99 Å². The molecule has 0 aliphatic carbocycles. The van der Waals surface area contributed by atoms with Crippen LogP contribution in [0.4, 0.5) is 0 Å². The van der Waals surface area contributed by atoms with E-state index in [0.29, 0.717) is 13.1 Å². The lowest BCUT2D eigenvalue weighted by atomic mass is 9.99. The first-order valence-electron chi connectivity index (χ1n) is 10.8. The second kappa shape index (κ2) is 14.0. The summed E-state index contributed by atoms with van der Waals surface area (Å²) in [6, 6.07) is 0. The van der Waals surface area contributed by atoms with Gasteiger partial charge < -0.3 is 25.4 Å². The zero-order valence-electron chi connectivity index (χ0n) is 18.1. The maximum absolute atomic E-state index is 10.7. The average Bonchev–Trinajstić information content (AvgIpc) is 2.65. The summed E-state index contributed by atoms with van der Waals surface area (Å²) in [6.45, 7) is 15.9. The van der Waals surface area contributed by atoms with Gasteiger partial charge in [-0.25, -0.2) is 0 Å². The Morgan fingerprint density at radius 3 is 2.46 bits per heavy atom. The number of ether oxygens (including phenoxy) is 1. The molecule has 0 bridgehead atoms. The summed E-state index contributed by atoms with van der Waals surface area (Å²) in [5.41, 5.74) is -0.829. The number of hydrogen-bond acceptors (Lipinski definition) is 5. The molecule has 0 aromatic rings. The summed E-state index contributed by atoms with van der Waals surface area (Å²) in [5, 5.41) is 17.4. The molecule has 2 rings (SSSR count). The molecular formula is C20H42IN5O2. The van der Waals surface area contributed by atoms with Gasteiger partial charge >= 0.3 is 0 Å². The molecule has 0 aromatic carbocycles. The maximum atomic E-state index is 10.7. The summed E-state index contributed by atoms with van der Waals surface area (Å²) < 4.78 is 5.37. The predicted molar refractivity (Wildman–Crippen MR) is 127 cm³/mol. The molecule has 0 spiro atoms. The van der Waals surface area contributed by atoms with E-state index < -0.39 is 5.60 Å². The molecule has 2 aliphatic rings. The Morgan fingerprint density at radius 1 is 1.14 bits per heavy atom. The van der Waals surface area contributed by atoms with E-state index in [1.165, 1.54) is 25.9 Å². The van der Waals surface area contributed by atoms with E-state index >= 15 is 0 Å². The van der Waals surface area contributed by atoms with Crippen molar-refractivity contribution in [1.29, 1.82) is 0 Å². The quantitative estimate of drug-likeness (QED) is 0.188. The van der Waals surface area contributed by atoms with Crippen molar-refractivity contribution >= 4 is 29.9 Å². The summed E-state index contributed by atoms with van der Waals surface area (Å²) in [5.74, 6) is 1.68. The molecule has 166 valence electrons.